The molecule has 0 aromatic heterocycles. The number of halogens is 3. The van der Waals surface area contributed by atoms with E-state index in [4.69, 9.17) is 0 Å². The standard InChI is InChI=1S/C21H16F3NO/c22-21(23,24)17-12-7-13-18(14-17)25-20(26)19(15-8-3-1-4-9-15)16-10-5-2-6-11-16/h1-14,19H,(H,25,26). The van der Waals surface area contributed by atoms with Gasteiger partial charge in [0, 0.05) is 5.69 Å². The van der Waals surface area contributed by atoms with Crippen LogP contribution in [-0.2, 0) is 11.0 Å². The Hall–Kier alpha value is -3.08. The van der Waals surface area contributed by atoms with Gasteiger partial charge in [-0.1, -0.05) is 66.7 Å². The minimum atomic E-state index is -4.46. The minimum absolute atomic E-state index is 0.113. The molecule has 0 spiro atoms. The first kappa shape index (κ1) is 17.7. The highest BCUT2D eigenvalue weighted by Gasteiger charge is 2.31. The molecule has 0 aliphatic carbocycles. The number of hydrogen-bond acceptors (Lipinski definition) is 1. The van der Waals surface area contributed by atoms with Crippen LogP contribution in [0.25, 0.3) is 0 Å². The number of carbonyl (C=O) groups excluding carboxylic acids is 1. The predicted octanol–water partition coefficient (Wildman–Crippen LogP) is 5.48. The fraction of sp³-hybridized carbons (Fsp3) is 0.0952. The van der Waals surface area contributed by atoms with E-state index in [-0.39, 0.29) is 11.6 Å². The number of alkyl halides is 3. The van der Waals surface area contributed by atoms with Crippen molar-refractivity contribution in [3.05, 3.63) is 102 Å². The van der Waals surface area contributed by atoms with E-state index in [2.05, 4.69) is 5.32 Å². The molecule has 2 nitrogen and oxygen atoms in total. The van der Waals surface area contributed by atoms with E-state index < -0.39 is 17.7 Å². The zero-order valence-corrected chi connectivity index (χ0v) is 13.7. The molecule has 3 rings (SSSR count). The van der Waals surface area contributed by atoms with Gasteiger partial charge >= 0.3 is 6.18 Å². The third kappa shape index (κ3) is 4.11. The zero-order valence-electron chi connectivity index (χ0n) is 13.7. The van der Waals surface area contributed by atoms with E-state index >= 15 is 0 Å². The van der Waals surface area contributed by atoms with Crippen molar-refractivity contribution in [1.29, 1.82) is 0 Å². The third-order valence-corrected chi connectivity index (χ3v) is 3.99. The summed E-state index contributed by atoms with van der Waals surface area (Å²) in [6.45, 7) is 0. The molecule has 1 amide bonds. The maximum Gasteiger partial charge on any atom is 0.416 e. The topological polar surface area (TPSA) is 29.1 Å². The summed E-state index contributed by atoms with van der Waals surface area (Å²) >= 11 is 0. The van der Waals surface area contributed by atoms with Crippen LogP contribution >= 0.6 is 0 Å². The molecule has 0 unspecified atom stereocenters. The lowest BCUT2D eigenvalue weighted by atomic mass is 9.90. The van der Waals surface area contributed by atoms with Crippen molar-refractivity contribution in [2.75, 3.05) is 5.32 Å². The number of amides is 1. The number of benzene rings is 3. The summed E-state index contributed by atoms with van der Waals surface area (Å²) in [7, 11) is 0. The Bertz CT molecular complexity index is 837. The van der Waals surface area contributed by atoms with E-state index in [0.717, 1.165) is 23.3 Å². The predicted molar refractivity (Wildman–Crippen MR) is 94.8 cm³/mol. The number of rotatable bonds is 4. The van der Waals surface area contributed by atoms with Crippen molar-refractivity contribution < 1.29 is 18.0 Å². The van der Waals surface area contributed by atoms with Gasteiger partial charge in [-0.25, -0.2) is 0 Å². The Kier molecular flexibility index (Phi) is 5.07. The molecule has 0 aliphatic heterocycles. The second-order valence-electron chi connectivity index (χ2n) is 5.82. The van der Waals surface area contributed by atoms with Gasteiger partial charge in [-0.15, -0.1) is 0 Å². The van der Waals surface area contributed by atoms with Crippen LogP contribution in [0.5, 0.6) is 0 Å². The van der Waals surface area contributed by atoms with Gasteiger partial charge in [0.1, 0.15) is 0 Å². The molecule has 3 aromatic carbocycles. The third-order valence-electron chi connectivity index (χ3n) is 3.99. The summed E-state index contributed by atoms with van der Waals surface area (Å²) in [6.07, 6.45) is -4.46. The zero-order chi connectivity index (χ0) is 18.6. The lowest BCUT2D eigenvalue weighted by Crippen LogP contribution is -2.22. The summed E-state index contributed by atoms with van der Waals surface area (Å²) in [5, 5.41) is 2.61. The van der Waals surface area contributed by atoms with Gasteiger partial charge in [0.2, 0.25) is 5.91 Å². The van der Waals surface area contributed by atoms with Gasteiger partial charge in [-0.3, -0.25) is 4.79 Å². The van der Waals surface area contributed by atoms with Crippen LogP contribution in [0.1, 0.15) is 22.6 Å². The Balaban J connectivity index is 1.92. The summed E-state index contributed by atoms with van der Waals surface area (Å²) in [6, 6.07) is 22.9. The van der Waals surface area contributed by atoms with Gasteiger partial charge in [-0.2, -0.15) is 13.2 Å². The summed E-state index contributed by atoms with van der Waals surface area (Å²) in [5.41, 5.74) is 0.847. The molecule has 0 radical (unpaired) electrons. The van der Waals surface area contributed by atoms with Crippen LogP contribution in [0.4, 0.5) is 18.9 Å². The van der Waals surface area contributed by atoms with Crippen LogP contribution in [0, 0.1) is 0 Å². The number of hydrogen-bond donors (Lipinski definition) is 1. The smallest absolute Gasteiger partial charge is 0.325 e. The normalized spacial score (nSPS) is 11.4. The van der Waals surface area contributed by atoms with Crippen molar-refractivity contribution in [1.82, 2.24) is 0 Å². The highest BCUT2D eigenvalue weighted by Crippen LogP contribution is 2.31. The molecule has 0 saturated carbocycles. The maximum atomic E-state index is 12.9. The fourth-order valence-electron chi connectivity index (χ4n) is 2.77. The number of carbonyl (C=O) groups is 1. The molecule has 0 aliphatic rings. The molecule has 1 N–H and O–H groups in total. The van der Waals surface area contributed by atoms with Gasteiger partial charge in [-0.05, 0) is 29.3 Å². The average molecular weight is 355 g/mol. The summed E-state index contributed by atoms with van der Waals surface area (Å²) < 4.78 is 38.6. The number of anilines is 1. The summed E-state index contributed by atoms with van der Waals surface area (Å²) in [4.78, 5) is 12.9. The second-order valence-corrected chi connectivity index (χ2v) is 5.82. The molecule has 3 aromatic rings. The van der Waals surface area contributed by atoms with Crippen molar-refractivity contribution >= 4 is 11.6 Å². The van der Waals surface area contributed by atoms with Crippen molar-refractivity contribution in [2.45, 2.75) is 12.1 Å². The SMILES string of the molecule is O=C(Nc1cccc(C(F)(F)F)c1)C(c1ccccc1)c1ccccc1. The van der Waals surface area contributed by atoms with Crippen molar-refractivity contribution in [2.24, 2.45) is 0 Å². The van der Waals surface area contributed by atoms with Gasteiger partial charge in [0.05, 0.1) is 11.5 Å². The lowest BCUT2D eigenvalue weighted by molar-refractivity contribution is -0.137. The van der Waals surface area contributed by atoms with Crippen LogP contribution in [0.2, 0.25) is 0 Å². The van der Waals surface area contributed by atoms with E-state index in [1.54, 1.807) is 0 Å². The number of nitrogens with one attached hydrogen (secondary N) is 1. The molecule has 0 heterocycles. The molecule has 5 heteroatoms. The quantitative estimate of drug-likeness (QED) is 0.660. The lowest BCUT2D eigenvalue weighted by Gasteiger charge is -2.18. The first-order chi connectivity index (χ1) is 12.4. The van der Waals surface area contributed by atoms with Gasteiger partial charge < -0.3 is 5.32 Å². The van der Waals surface area contributed by atoms with Gasteiger partial charge in [0.25, 0.3) is 0 Å². The summed E-state index contributed by atoms with van der Waals surface area (Å²) in [5.74, 6) is -1.01. The average Bonchev–Trinajstić information content (AvgIpc) is 2.63. The Labute approximate surface area is 149 Å². The first-order valence-electron chi connectivity index (χ1n) is 8.03. The Morgan fingerprint density at radius 2 is 1.31 bits per heavy atom. The molecule has 26 heavy (non-hydrogen) atoms. The van der Waals surface area contributed by atoms with Crippen LogP contribution in [-0.4, -0.2) is 5.91 Å². The van der Waals surface area contributed by atoms with Crippen molar-refractivity contribution in [3.63, 3.8) is 0 Å². The van der Waals surface area contributed by atoms with Crippen LogP contribution < -0.4 is 5.32 Å². The van der Waals surface area contributed by atoms with Crippen LogP contribution in [0.15, 0.2) is 84.9 Å². The molecule has 0 fully saturated rings. The fourth-order valence-corrected chi connectivity index (χ4v) is 2.77. The highest BCUT2D eigenvalue weighted by atomic mass is 19.4. The van der Waals surface area contributed by atoms with Crippen molar-refractivity contribution in [3.8, 4) is 0 Å². The van der Waals surface area contributed by atoms with E-state index in [0.29, 0.717) is 0 Å². The van der Waals surface area contributed by atoms with Crippen LogP contribution in [0.3, 0.4) is 0 Å². The largest absolute Gasteiger partial charge is 0.416 e. The molecule has 0 atom stereocenters. The van der Waals surface area contributed by atoms with Gasteiger partial charge in [0.15, 0.2) is 0 Å². The van der Waals surface area contributed by atoms with E-state index in [1.165, 1.54) is 12.1 Å². The minimum Gasteiger partial charge on any atom is -0.325 e. The molecule has 0 saturated heterocycles. The maximum absolute atomic E-state index is 12.9. The van der Waals surface area contributed by atoms with E-state index in [1.807, 2.05) is 60.7 Å². The Morgan fingerprint density at radius 1 is 0.769 bits per heavy atom. The molecule has 0 bridgehead atoms. The molecular weight excluding hydrogens is 339 g/mol. The van der Waals surface area contributed by atoms with E-state index in [9.17, 15) is 18.0 Å². The molecule has 132 valence electrons. The highest BCUT2D eigenvalue weighted by molar-refractivity contribution is 5.98. The first-order valence-corrected chi connectivity index (χ1v) is 8.03. The monoisotopic (exact) mass is 355 g/mol. The Morgan fingerprint density at radius 3 is 1.81 bits per heavy atom. The second kappa shape index (κ2) is 7.44. The molecular formula is C21H16F3NO.